The molecule has 2 heteroatoms. The van der Waals surface area contributed by atoms with Gasteiger partial charge < -0.3 is 10.5 Å². The van der Waals surface area contributed by atoms with Crippen LogP contribution >= 0.6 is 0 Å². The molecule has 0 aliphatic heterocycles. The van der Waals surface area contributed by atoms with Gasteiger partial charge in [-0.2, -0.15) is 0 Å². The lowest BCUT2D eigenvalue weighted by Gasteiger charge is -2.08. The van der Waals surface area contributed by atoms with E-state index in [1.54, 1.807) is 0 Å². The first-order valence-corrected chi connectivity index (χ1v) is 3.54. The molecule has 0 amide bonds. The van der Waals surface area contributed by atoms with Crippen LogP contribution in [0.3, 0.4) is 0 Å². The van der Waals surface area contributed by atoms with Gasteiger partial charge in [-0.25, -0.2) is 0 Å². The molecule has 0 spiro atoms. The lowest BCUT2D eigenvalue weighted by Crippen LogP contribution is -2.18. The molecule has 0 aromatic heterocycles. The zero-order valence-electron chi connectivity index (χ0n) is 5.55. The van der Waals surface area contributed by atoms with Crippen LogP contribution in [0.4, 0.5) is 0 Å². The Morgan fingerprint density at radius 3 is 2.78 bits per heavy atom. The van der Waals surface area contributed by atoms with E-state index >= 15 is 0 Å². The Hall–Kier alpha value is -0.370. The highest BCUT2D eigenvalue weighted by Crippen LogP contribution is 2.28. The molecule has 52 valence electrons. The summed E-state index contributed by atoms with van der Waals surface area (Å²) in [7, 11) is 0. The van der Waals surface area contributed by atoms with Crippen molar-refractivity contribution in [1.29, 1.82) is 0 Å². The van der Waals surface area contributed by atoms with Gasteiger partial charge in [-0.3, -0.25) is 0 Å². The van der Waals surface area contributed by atoms with Gasteiger partial charge in [0.25, 0.3) is 0 Å². The molecule has 2 nitrogen and oxygen atoms in total. The second kappa shape index (κ2) is 2.97. The van der Waals surface area contributed by atoms with Crippen molar-refractivity contribution in [2.24, 2.45) is 17.6 Å². The number of rotatable bonds is 2. The van der Waals surface area contributed by atoms with E-state index in [2.05, 4.69) is 0 Å². The van der Waals surface area contributed by atoms with Crippen LogP contribution in [0, 0.1) is 11.8 Å². The zero-order chi connectivity index (χ0) is 6.69. The minimum atomic E-state index is 0.273. The molecule has 0 radical (unpaired) electrons. The highest BCUT2D eigenvalue weighted by Gasteiger charge is 2.24. The minimum Gasteiger partial charge on any atom is -0.330 e. The van der Waals surface area contributed by atoms with E-state index in [0.717, 1.165) is 19.1 Å². The Morgan fingerprint density at radius 2 is 2.33 bits per heavy atom. The maximum Gasteiger partial charge on any atom is 0.123 e. The summed E-state index contributed by atoms with van der Waals surface area (Å²) in [5.74, 6) is 0.762. The fourth-order valence-electron chi connectivity index (χ4n) is 1.54. The van der Waals surface area contributed by atoms with Gasteiger partial charge in [0.1, 0.15) is 6.29 Å². The molecule has 1 rings (SSSR count). The summed E-state index contributed by atoms with van der Waals surface area (Å²) in [5.41, 5.74) is 5.44. The summed E-state index contributed by atoms with van der Waals surface area (Å²) >= 11 is 0. The van der Waals surface area contributed by atoms with Gasteiger partial charge in [0.05, 0.1) is 0 Å². The van der Waals surface area contributed by atoms with Crippen LogP contribution in [0.2, 0.25) is 0 Å². The number of nitrogens with two attached hydrogens (primary N) is 1. The van der Waals surface area contributed by atoms with Crippen molar-refractivity contribution >= 4 is 6.29 Å². The molecule has 2 atom stereocenters. The van der Waals surface area contributed by atoms with Crippen LogP contribution in [-0.4, -0.2) is 12.8 Å². The lowest BCUT2D eigenvalue weighted by molar-refractivity contribution is -0.111. The molecule has 0 aromatic carbocycles. The average molecular weight is 127 g/mol. The van der Waals surface area contributed by atoms with E-state index in [0.29, 0.717) is 12.5 Å². The van der Waals surface area contributed by atoms with E-state index in [1.807, 2.05) is 0 Å². The maximum absolute atomic E-state index is 10.3. The fourth-order valence-corrected chi connectivity index (χ4v) is 1.54. The van der Waals surface area contributed by atoms with E-state index < -0.39 is 0 Å². The highest BCUT2D eigenvalue weighted by atomic mass is 16.1. The maximum atomic E-state index is 10.3. The molecule has 9 heavy (non-hydrogen) atoms. The Morgan fingerprint density at radius 1 is 1.56 bits per heavy atom. The minimum absolute atomic E-state index is 0.273. The van der Waals surface area contributed by atoms with Crippen LogP contribution in [0.25, 0.3) is 0 Å². The first kappa shape index (κ1) is 6.75. The van der Waals surface area contributed by atoms with Gasteiger partial charge in [-0.15, -0.1) is 0 Å². The molecule has 1 aliphatic rings. The summed E-state index contributed by atoms with van der Waals surface area (Å²) in [4.78, 5) is 10.3. The summed E-state index contributed by atoms with van der Waals surface area (Å²) in [6, 6.07) is 0. The second-order valence-corrected chi connectivity index (χ2v) is 2.73. The predicted octanol–water partition coefficient (Wildman–Crippen LogP) is 0.560. The fraction of sp³-hybridized carbons (Fsp3) is 0.857. The van der Waals surface area contributed by atoms with Crippen molar-refractivity contribution in [3.05, 3.63) is 0 Å². The molecule has 1 saturated carbocycles. The Bertz CT molecular complexity index is 103. The van der Waals surface area contributed by atoms with Crippen LogP contribution in [0.15, 0.2) is 0 Å². The number of hydrogen-bond acceptors (Lipinski definition) is 2. The number of aldehydes is 1. The standard InChI is InChI=1S/C7H13NO/c8-4-6-2-1-3-7(6)5-9/h5-7H,1-4,8H2/t6-,7-/m0/s1. The van der Waals surface area contributed by atoms with Crippen molar-refractivity contribution in [2.75, 3.05) is 6.54 Å². The molecule has 1 aliphatic carbocycles. The SMILES string of the molecule is NC[C@@H]1CCC[C@H]1C=O. The van der Waals surface area contributed by atoms with Crippen LogP contribution < -0.4 is 5.73 Å². The topological polar surface area (TPSA) is 43.1 Å². The van der Waals surface area contributed by atoms with Gasteiger partial charge in [0.2, 0.25) is 0 Å². The number of carbonyl (C=O) groups is 1. The van der Waals surface area contributed by atoms with Crippen molar-refractivity contribution in [3.8, 4) is 0 Å². The van der Waals surface area contributed by atoms with E-state index in [-0.39, 0.29) is 5.92 Å². The van der Waals surface area contributed by atoms with E-state index in [9.17, 15) is 4.79 Å². The third-order valence-electron chi connectivity index (χ3n) is 2.20. The van der Waals surface area contributed by atoms with Crippen molar-refractivity contribution < 1.29 is 4.79 Å². The molecule has 0 saturated heterocycles. The molecule has 0 bridgehead atoms. The lowest BCUT2D eigenvalue weighted by atomic mass is 9.98. The summed E-state index contributed by atoms with van der Waals surface area (Å²) < 4.78 is 0. The van der Waals surface area contributed by atoms with Gasteiger partial charge >= 0.3 is 0 Å². The van der Waals surface area contributed by atoms with Gasteiger partial charge in [0, 0.05) is 5.92 Å². The van der Waals surface area contributed by atoms with Gasteiger partial charge in [-0.05, 0) is 25.3 Å². The molecule has 0 unspecified atom stereocenters. The second-order valence-electron chi connectivity index (χ2n) is 2.73. The zero-order valence-corrected chi connectivity index (χ0v) is 5.55. The van der Waals surface area contributed by atoms with Crippen LogP contribution in [0.1, 0.15) is 19.3 Å². The van der Waals surface area contributed by atoms with E-state index in [4.69, 9.17) is 5.73 Å². The van der Waals surface area contributed by atoms with Crippen molar-refractivity contribution in [2.45, 2.75) is 19.3 Å². The Labute approximate surface area is 55.4 Å². The predicted molar refractivity (Wildman–Crippen MR) is 35.9 cm³/mol. The number of hydrogen-bond donors (Lipinski definition) is 1. The van der Waals surface area contributed by atoms with Crippen molar-refractivity contribution in [1.82, 2.24) is 0 Å². The van der Waals surface area contributed by atoms with Crippen LogP contribution in [-0.2, 0) is 4.79 Å². The third kappa shape index (κ3) is 1.30. The smallest absolute Gasteiger partial charge is 0.123 e. The monoisotopic (exact) mass is 127 g/mol. The first-order valence-electron chi connectivity index (χ1n) is 3.54. The first-order chi connectivity index (χ1) is 4.38. The molecular weight excluding hydrogens is 114 g/mol. The molecule has 0 aromatic rings. The quantitative estimate of drug-likeness (QED) is 0.551. The van der Waals surface area contributed by atoms with Crippen LogP contribution in [0.5, 0.6) is 0 Å². The Kier molecular flexibility index (Phi) is 2.22. The number of carbonyl (C=O) groups excluding carboxylic acids is 1. The molecule has 1 fully saturated rings. The third-order valence-corrected chi connectivity index (χ3v) is 2.20. The molecule has 2 N–H and O–H groups in total. The van der Waals surface area contributed by atoms with Gasteiger partial charge in [-0.1, -0.05) is 6.42 Å². The normalized spacial score (nSPS) is 34.8. The van der Waals surface area contributed by atoms with E-state index in [1.165, 1.54) is 6.42 Å². The summed E-state index contributed by atoms with van der Waals surface area (Å²) in [6.45, 7) is 0.684. The Balaban J connectivity index is 2.41. The average Bonchev–Trinajstić information content (AvgIpc) is 2.33. The van der Waals surface area contributed by atoms with Gasteiger partial charge in [0.15, 0.2) is 0 Å². The summed E-state index contributed by atoms with van der Waals surface area (Å²) in [6.07, 6.45) is 4.46. The summed E-state index contributed by atoms with van der Waals surface area (Å²) in [5, 5.41) is 0. The largest absolute Gasteiger partial charge is 0.330 e. The molecule has 0 heterocycles. The van der Waals surface area contributed by atoms with Crippen molar-refractivity contribution in [3.63, 3.8) is 0 Å². The highest BCUT2D eigenvalue weighted by molar-refractivity contribution is 5.54. The molecular formula is C7H13NO.